The van der Waals surface area contributed by atoms with Gasteiger partial charge in [0.05, 0.1) is 5.52 Å². The zero-order valence-electron chi connectivity index (χ0n) is 15.8. The van der Waals surface area contributed by atoms with Gasteiger partial charge in [0.25, 0.3) is 0 Å². The molecule has 0 amide bonds. The molecule has 1 N–H and O–H groups in total. The van der Waals surface area contributed by atoms with Gasteiger partial charge >= 0.3 is 0 Å². The van der Waals surface area contributed by atoms with Crippen LogP contribution in [0.15, 0.2) is 35.7 Å². The Hall–Kier alpha value is -1.95. The van der Waals surface area contributed by atoms with Crippen molar-refractivity contribution in [2.24, 2.45) is 0 Å². The minimum Gasteiger partial charge on any atom is -0.369 e. The number of hydrogen-bond acceptors (Lipinski definition) is 5. The molecule has 0 unspecified atom stereocenters. The Morgan fingerprint density at radius 3 is 2.74 bits per heavy atom. The Labute approximate surface area is 169 Å². The first-order valence-electron chi connectivity index (χ1n) is 9.34. The Bertz CT molecular complexity index is 889. The maximum Gasteiger partial charge on any atom is 0.155 e. The first-order chi connectivity index (χ1) is 13.2. The highest BCUT2D eigenvalue weighted by molar-refractivity contribution is 7.10. The summed E-state index contributed by atoms with van der Waals surface area (Å²) in [6, 6.07) is 9.86. The zero-order valence-corrected chi connectivity index (χ0v) is 17.4. The van der Waals surface area contributed by atoms with Crippen molar-refractivity contribution in [3.05, 3.63) is 51.4 Å². The summed E-state index contributed by atoms with van der Waals surface area (Å²) in [5.74, 6) is 1.54. The molecule has 27 heavy (non-hydrogen) atoms. The van der Waals surface area contributed by atoms with Crippen molar-refractivity contribution < 1.29 is 0 Å². The Morgan fingerprint density at radius 2 is 2.00 bits per heavy atom. The molecule has 4 nitrogen and oxygen atoms in total. The van der Waals surface area contributed by atoms with Crippen LogP contribution in [0.1, 0.15) is 31.0 Å². The van der Waals surface area contributed by atoms with Crippen molar-refractivity contribution >= 4 is 51.8 Å². The van der Waals surface area contributed by atoms with Gasteiger partial charge in [-0.1, -0.05) is 31.5 Å². The van der Waals surface area contributed by atoms with Crippen molar-refractivity contribution in [3.63, 3.8) is 0 Å². The molecular formula is C21H25ClN4S. The standard InChI is InChI=1S/C21H25ClN4S/c1-3-26(4-2)13-6-12-23-21-18-15-16(22)8-10-19(18)24-20(25-21)11-9-17-7-5-14-27-17/h5,7-11,14-15H,3-4,6,12-13H2,1-2H3,(H,23,24,25). The molecule has 2 aromatic heterocycles. The highest BCUT2D eigenvalue weighted by atomic mass is 35.5. The molecule has 3 rings (SSSR count). The molecule has 0 spiro atoms. The highest BCUT2D eigenvalue weighted by Gasteiger charge is 2.08. The third kappa shape index (κ3) is 5.51. The second-order valence-corrected chi connectivity index (χ2v) is 7.66. The lowest BCUT2D eigenvalue weighted by Crippen LogP contribution is -2.25. The Balaban J connectivity index is 1.79. The summed E-state index contributed by atoms with van der Waals surface area (Å²) in [5.41, 5.74) is 0.895. The first kappa shape index (κ1) is 19.8. The SMILES string of the molecule is CCN(CC)CCCNc1nc(C=Cc2cccs2)nc2ccc(Cl)cc12. The summed E-state index contributed by atoms with van der Waals surface area (Å²) in [6.45, 7) is 8.50. The molecule has 0 fully saturated rings. The monoisotopic (exact) mass is 400 g/mol. The Morgan fingerprint density at radius 1 is 1.15 bits per heavy atom. The van der Waals surface area contributed by atoms with Crippen LogP contribution in [-0.4, -0.2) is 41.0 Å². The van der Waals surface area contributed by atoms with Crippen molar-refractivity contribution in [1.29, 1.82) is 0 Å². The fourth-order valence-corrected chi connectivity index (χ4v) is 3.71. The third-order valence-electron chi connectivity index (χ3n) is 4.45. The van der Waals surface area contributed by atoms with Crippen LogP contribution in [-0.2, 0) is 0 Å². The van der Waals surface area contributed by atoms with Crippen molar-refractivity contribution in [3.8, 4) is 0 Å². The number of halogens is 1. The minimum atomic E-state index is 0.694. The molecule has 0 atom stereocenters. The number of benzene rings is 1. The summed E-state index contributed by atoms with van der Waals surface area (Å²) in [7, 11) is 0. The van der Waals surface area contributed by atoms with E-state index in [4.69, 9.17) is 16.6 Å². The molecule has 2 heterocycles. The molecule has 0 saturated heterocycles. The quantitative estimate of drug-likeness (QED) is 0.470. The van der Waals surface area contributed by atoms with Crippen LogP contribution in [0.5, 0.6) is 0 Å². The molecule has 0 radical (unpaired) electrons. The van der Waals surface area contributed by atoms with Gasteiger partial charge < -0.3 is 10.2 Å². The lowest BCUT2D eigenvalue weighted by molar-refractivity contribution is 0.303. The molecule has 3 aromatic rings. The maximum absolute atomic E-state index is 6.20. The molecule has 0 aliphatic heterocycles. The fourth-order valence-electron chi connectivity index (χ4n) is 2.92. The number of fused-ring (bicyclic) bond motifs is 1. The van der Waals surface area contributed by atoms with Crippen LogP contribution in [0.2, 0.25) is 5.02 Å². The topological polar surface area (TPSA) is 41.0 Å². The number of anilines is 1. The summed E-state index contributed by atoms with van der Waals surface area (Å²) >= 11 is 7.89. The van der Waals surface area contributed by atoms with Crippen LogP contribution in [0.25, 0.3) is 23.1 Å². The van der Waals surface area contributed by atoms with E-state index in [9.17, 15) is 0 Å². The van der Waals surface area contributed by atoms with Gasteiger partial charge in [-0.2, -0.15) is 0 Å². The maximum atomic E-state index is 6.20. The normalized spacial score (nSPS) is 11.7. The largest absolute Gasteiger partial charge is 0.369 e. The number of rotatable bonds is 9. The van der Waals surface area contributed by atoms with Gasteiger partial charge in [-0.25, -0.2) is 9.97 Å². The van der Waals surface area contributed by atoms with E-state index in [-0.39, 0.29) is 0 Å². The number of nitrogens with one attached hydrogen (secondary N) is 1. The zero-order chi connectivity index (χ0) is 19.1. The van der Waals surface area contributed by atoms with Crippen molar-refractivity contribution in [2.45, 2.75) is 20.3 Å². The van der Waals surface area contributed by atoms with Crippen molar-refractivity contribution in [2.75, 3.05) is 31.5 Å². The number of thiophene rings is 1. The van der Waals surface area contributed by atoms with Crippen LogP contribution in [0.4, 0.5) is 5.82 Å². The van der Waals surface area contributed by atoms with Gasteiger partial charge in [-0.05, 0) is 67.9 Å². The van der Waals surface area contributed by atoms with Gasteiger partial charge in [0.2, 0.25) is 0 Å². The molecule has 1 aromatic carbocycles. The van der Waals surface area contributed by atoms with Crippen LogP contribution < -0.4 is 5.32 Å². The van der Waals surface area contributed by atoms with Crippen LogP contribution >= 0.6 is 22.9 Å². The average molecular weight is 401 g/mol. The minimum absolute atomic E-state index is 0.694. The van der Waals surface area contributed by atoms with Gasteiger partial charge in [-0.15, -0.1) is 11.3 Å². The molecular weight excluding hydrogens is 376 g/mol. The van der Waals surface area contributed by atoms with E-state index in [0.717, 1.165) is 49.3 Å². The van der Waals surface area contributed by atoms with E-state index in [1.165, 1.54) is 4.88 Å². The fraction of sp³-hybridized carbons (Fsp3) is 0.333. The van der Waals surface area contributed by atoms with E-state index in [0.29, 0.717) is 10.8 Å². The number of nitrogens with zero attached hydrogens (tertiary/aromatic N) is 3. The Kier molecular flexibility index (Phi) is 7.21. The molecule has 0 saturated carbocycles. The lowest BCUT2D eigenvalue weighted by Gasteiger charge is -2.18. The van der Waals surface area contributed by atoms with Gasteiger partial charge in [0, 0.05) is 21.8 Å². The van der Waals surface area contributed by atoms with E-state index in [2.05, 4.69) is 40.5 Å². The summed E-state index contributed by atoms with van der Waals surface area (Å²) < 4.78 is 0. The first-order valence-corrected chi connectivity index (χ1v) is 10.6. The molecule has 0 aliphatic rings. The molecule has 6 heteroatoms. The predicted molar refractivity (Wildman–Crippen MR) is 119 cm³/mol. The lowest BCUT2D eigenvalue weighted by atomic mass is 10.2. The van der Waals surface area contributed by atoms with Gasteiger partial charge in [-0.3, -0.25) is 0 Å². The second kappa shape index (κ2) is 9.83. The molecule has 142 valence electrons. The molecule has 0 bridgehead atoms. The molecule has 0 aliphatic carbocycles. The van der Waals surface area contributed by atoms with Crippen molar-refractivity contribution in [1.82, 2.24) is 14.9 Å². The highest BCUT2D eigenvalue weighted by Crippen LogP contribution is 2.25. The predicted octanol–water partition coefficient (Wildman–Crippen LogP) is 5.66. The van der Waals surface area contributed by atoms with Crippen LogP contribution in [0.3, 0.4) is 0 Å². The summed E-state index contributed by atoms with van der Waals surface area (Å²) in [5, 5.41) is 7.20. The van der Waals surface area contributed by atoms with E-state index in [1.807, 2.05) is 36.4 Å². The second-order valence-electron chi connectivity index (χ2n) is 6.25. The number of hydrogen-bond donors (Lipinski definition) is 1. The average Bonchev–Trinajstić information content (AvgIpc) is 3.20. The third-order valence-corrected chi connectivity index (χ3v) is 5.53. The van der Waals surface area contributed by atoms with E-state index in [1.54, 1.807) is 11.3 Å². The number of aromatic nitrogens is 2. The summed E-state index contributed by atoms with van der Waals surface area (Å²) in [4.78, 5) is 13.0. The van der Waals surface area contributed by atoms with Gasteiger partial charge in [0.1, 0.15) is 5.82 Å². The van der Waals surface area contributed by atoms with E-state index < -0.39 is 0 Å². The van der Waals surface area contributed by atoms with Crippen LogP contribution in [0, 0.1) is 0 Å². The van der Waals surface area contributed by atoms with Gasteiger partial charge in [0.15, 0.2) is 5.82 Å². The summed E-state index contributed by atoms with van der Waals surface area (Å²) in [6.07, 6.45) is 5.07. The van der Waals surface area contributed by atoms with E-state index >= 15 is 0 Å². The smallest absolute Gasteiger partial charge is 0.155 e.